The van der Waals surface area contributed by atoms with Crippen LogP contribution < -0.4 is 10.6 Å². The van der Waals surface area contributed by atoms with Crippen LogP contribution in [0.4, 0.5) is 0 Å². The zero-order chi connectivity index (χ0) is 9.68. The maximum atomic E-state index is 5.24. The summed E-state index contributed by atoms with van der Waals surface area (Å²) in [5.74, 6) is 0. The molecular formula is C9H17N3S. The minimum absolute atomic E-state index is 0.781. The average Bonchev–Trinajstić information content (AvgIpc) is 2.15. The van der Waals surface area contributed by atoms with E-state index in [9.17, 15) is 0 Å². The van der Waals surface area contributed by atoms with E-state index in [1.165, 1.54) is 0 Å². The molecule has 0 amide bonds. The van der Waals surface area contributed by atoms with Crippen molar-refractivity contribution >= 4 is 17.3 Å². The molecule has 1 aliphatic heterocycles. The highest BCUT2D eigenvalue weighted by Crippen LogP contribution is 1.94. The molecule has 0 radical (unpaired) electrons. The van der Waals surface area contributed by atoms with Crippen molar-refractivity contribution in [3.63, 3.8) is 0 Å². The molecule has 0 spiro atoms. The number of hydrogen-bond donors (Lipinski definition) is 2. The summed E-state index contributed by atoms with van der Waals surface area (Å²) >= 11 is 5.24. The molecule has 1 aliphatic rings. The number of nitrogens with zero attached hydrogens (tertiary/aromatic N) is 1. The van der Waals surface area contributed by atoms with Gasteiger partial charge in [0.1, 0.15) is 0 Å². The second kappa shape index (κ2) is 5.19. The molecule has 2 N–H and O–H groups in total. The lowest BCUT2D eigenvalue weighted by Crippen LogP contribution is -2.50. The van der Waals surface area contributed by atoms with Gasteiger partial charge in [-0.2, -0.15) is 0 Å². The predicted molar refractivity (Wildman–Crippen MR) is 59.9 cm³/mol. The second-order valence-corrected chi connectivity index (χ2v) is 3.74. The Morgan fingerprint density at radius 3 is 2.69 bits per heavy atom. The van der Waals surface area contributed by atoms with E-state index in [-0.39, 0.29) is 0 Å². The molecule has 1 heterocycles. The van der Waals surface area contributed by atoms with Crippen LogP contribution in [0, 0.1) is 0 Å². The molecule has 13 heavy (non-hydrogen) atoms. The average molecular weight is 199 g/mol. The Hall–Kier alpha value is -0.610. The third-order valence-corrected chi connectivity index (χ3v) is 2.35. The Kier molecular flexibility index (Phi) is 4.18. The first kappa shape index (κ1) is 10.5. The Labute approximate surface area is 85.2 Å². The molecule has 1 fully saturated rings. The zero-order valence-corrected chi connectivity index (χ0v) is 8.91. The fourth-order valence-electron chi connectivity index (χ4n) is 1.21. The Morgan fingerprint density at radius 1 is 1.54 bits per heavy atom. The molecule has 0 saturated carbocycles. The van der Waals surface area contributed by atoms with E-state index >= 15 is 0 Å². The third kappa shape index (κ3) is 3.74. The van der Waals surface area contributed by atoms with Crippen LogP contribution >= 0.6 is 12.2 Å². The predicted octanol–water partition coefficient (Wildman–Crippen LogP) is 0.342. The summed E-state index contributed by atoms with van der Waals surface area (Å²) in [5.41, 5.74) is 1.11. The summed E-state index contributed by atoms with van der Waals surface area (Å²) in [5, 5.41) is 7.32. The molecular weight excluding hydrogens is 182 g/mol. The largest absolute Gasteiger partial charge is 0.359 e. The number of thiocarbonyl (C=S) groups is 1. The van der Waals surface area contributed by atoms with Gasteiger partial charge in [0.25, 0.3) is 0 Å². The van der Waals surface area contributed by atoms with Gasteiger partial charge in [0.05, 0.1) is 0 Å². The molecule has 1 saturated heterocycles. The minimum atomic E-state index is 0.781. The molecule has 4 heteroatoms. The van der Waals surface area contributed by atoms with Gasteiger partial charge in [-0.3, -0.25) is 0 Å². The SMILES string of the molecule is C=C(C)CNC(=S)N1CCNCC1. The van der Waals surface area contributed by atoms with Gasteiger partial charge in [0.15, 0.2) is 5.11 Å². The highest BCUT2D eigenvalue weighted by atomic mass is 32.1. The van der Waals surface area contributed by atoms with Crippen LogP contribution in [0.3, 0.4) is 0 Å². The van der Waals surface area contributed by atoms with Gasteiger partial charge in [-0.1, -0.05) is 12.2 Å². The van der Waals surface area contributed by atoms with Crippen LogP contribution in [-0.2, 0) is 0 Å². The van der Waals surface area contributed by atoms with Crippen molar-refractivity contribution in [2.75, 3.05) is 32.7 Å². The summed E-state index contributed by atoms with van der Waals surface area (Å²) in [6, 6.07) is 0. The van der Waals surface area contributed by atoms with E-state index < -0.39 is 0 Å². The summed E-state index contributed by atoms with van der Waals surface area (Å²) in [6.45, 7) is 10.6. The van der Waals surface area contributed by atoms with Crippen molar-refractivity contribution in [2.24, 2.45) is 0 Å². The Morgan fingerprint density at radius 2 is 2.15 bits per heavy atom. The molecule has 0 bridgehead atoms. The Balaban J connectivity index is 2.25. The molecule has 1 rings (SSSR count). The zero-order valence-electron chi connectivity index (χ0n) is 8.10. The lowest BCUT2D eigenvalue weighted by atomic mass is 10.3. The van der Waals surface area contributed by atoms with Crippen LogP contribution in [0.25, 0.3) is 0 Å². The standard InChI is InChI=1S/C9H17N3S/c1-8(2)7-11-9(13)12-5-3-10-4-6-12/h10H,1,3-7H2,2H3,(H,11,13). The second-order valence-electron chi connectivity index (χ2n) is 3.35. The summed E-state index contributed by atoms with van der Waals surface area (Å²) < 4.78 is 0. The van der Waals surface area contributed by atoms with Crippen molar-refractivity contribution in [1.82, 2.24) is 15.5 Å². The van der Waals surface area contributed by atoms with E-state index in [1.807, 2.05) is 6.92 Å². The molecule has 0 aliphatic carbocycles. The van der Waals surface area contributed by atoms with Crippen molar-refractivity contribution in [3.8, 4) is 0 Å². The number of hydrogen-bond acceptors (Lipinski definition) is 2. The van der Waals surface area contributed by atoms with Gasteiger partial charge in [-0.15, -0.1) is 0 Å². The molecule has 0 aromatic carbocycles. The monoisotopic (exact) mass is 199 g/mol. The molecule has 74 valence electrons. The van der Waals surface area contributed by atoms with Gasteiger partial charge < -0.3 is 15.5 Å². The molecule has 0 unspecified atom stereocenters. The maximum Gasteiger partial charge on any atom is 0.169 e. The van der Waals surface area contributed by atoms with Gasteiger partial charge in [0.2, 0.25) is 0 Å². The number of nitrogens with one attached hydrogen (secondary N) is 2. The first-order valence-electron chi connectivity index (χ1n) is 4.58. The number of rotatable bonds is 2. The topological polar surface area (TPSA) is 27.3 Å². The fourth-order valence-corrected chi connectivity index (χ4v) is 1.46. The van der Waals surface area contributed by atoms with Crippen LogP contribution in [-0.4, -0.2) is 42.7 Å². The van der Waals surface area contributed by atoms with E-state index in [1.54, 1.807) is 0 Å². The van der Waals surface area contributed by atoms with Crippen molar-refractivity contribution in [2.45, 2.75) is 6.92 Å². The molecule has 3 nitrogen and oxygen atoms in total. The van der Waals surface area contributed by atoms with Crippen molar-refractivity contribution < 1.29 is 0 Å². The third-order valence-electron chi connectivity index (χ3n) is 1.95. The fraction of sp³-hybridized carbons (Fsp3) is 0.667. The van der Waals surface area contributed by atoms with Crippen LogP contribution in [0.15, 0.2) is 12.2 Å². The highest BCUT2D eigenvalue weighted by Gasteiger charge is 2.11. The van der Waals surface area contributed by atoms with Crippen LogP contribution in [0.2, 0.25) is 0 Å². The van der Waals surface area contributed by atoms with Crippen molar-refractivity contribution in [3.05, 3.63) is 12.2 Å². The minimum Gasteiger partial charge on any atom is -0.359 e. The van der Waals surface area contributed by atoms with E-state index in [0.29, 0.717) is 0 Å². The maximum absolute atomic E-state index is 5.24. The van der Waals surface area contributed by atoms with Crippen molar-refractivity contribution in [1.29, 1.82) is 0 Å². The molecule has 0 aromatic heterocycles. The summed E-state index contributed by atoms with van der Waals surface area (Å²) in [4.78, 5) is 2.19. The molecule has 0 atom stereocenters. The normalized spacial score (nSPS) is 16.8. The number of piperazine rings is 1. The first-order valence-corrected chi connectivity index (χ1v) is 4.99. The van der Waals surface area contributed by atoms with Gasteiger partial charge in [0, 0.05) is 32.7 Å². The highest BCUT2D eigenvalue weighted by molar-refractivity contribution is 7.80. The van der Waals surface area contributed by atoms with E-state index in [4.69, 9.17) is 12.2 Å². The van der Waals surface area contributed by atoms with Crippen LogP contribution in [0.1, 0.15) is 6.92 Å². The van der Waals surface area contributed by atoms with Gasteiger partial charge in [-0.25, -0.2) is 0 Å². The summed E-state index contributed by atoms with van der Waals surface area (Å²) in [6.07, 6.45) is 0. The lowest BCUT2D eigenvalue weighted by Gasteiger charge is -2.29. The quantitative estimate of drug-likeness (QED) is 0.495. The van der Waals surface area contributed by atoms with Gasteiger partial charge in [-0.05, 0) is 19.1 Å². The first-order chi connectivity index (χ1) is 6.20. The smallest absolute Gasteiger partial charge is 0.169 e. The van der Waals surface area contributed by atoms with E-state index in [0.717, 1.165) is 43.4 Å². The van der Waals surface area contributed by atoms with Crippen LogP contribution in [0.5, 0.6) is 0 Å². The molecule has 0 aromatic rings. The summed E-state index contributed by atoms with van der Waals surface area (Å²) in [7, 11) is 0. The lowest BCUT2D eigenvalue weighted by molar-refractivity contribution is 0.354. The van der Waals surface area contributed by atoms with E-state index in [2.05, 4.69) is 22.1 Å². The Bertz CT molecular complexity index is 197. The van der Waals surface area contributed by atoms with Gasteiger partial charge >= 0.3 is 0 Å².